The van der Waals surface area contributed by atoms with Crippen molar-refractivity contribution in [3.8, 4) is 0 Å². The third kappa shape index (κ3) is 4.03. The summed E-state index contributed by atoms with van der Waals surface area (Å²) in [5, 5.41) is 5.62. The van der Waals surface area contributed by atoms with E-state index < -0.39 is 0 Å². The van der Waals surface area contributed by atoms with Crippen LogP contribution >= 0.6 is 11.6 Å². The molecular formula is C9H15ClN6O. The van der Waals surface area contributed by atoms with E-state index in [2.05, 4.69) is 25.6 Å². The highest BCUT2D eigenvalue weighted by molar-refractivity contribution is 6.28. The number of aromatic nitrogens is 3. The highest BCUT2D eigenvalue weighted by atomic mass is 35.5. The molecule has 1 aromatic rings. The fraction of sp³-hybridized carbons (Fsp3) is 0.556. The van der Waals surface area contributed by atoms with E-state index in [0.717, 1.165) is 0 Å². The quantitative estimate of drug-likeness (QED) is 0.798. The first-order chi connectivity index (χ1) is 8.06. The number of carbonyl (C=O) groups is 1. The molecule has 0 bridgehead atoms. The second kappa shape index (κ2) is 6.19. The summed E-state index contributed by atoms with van der Waals surface area (Å²) < 4.78 is 0. The lowest BCUT2D eigenvalue weighted by atomic mass is 10.5. The molecular weight excluding hydrogens is 244 g/mol. The van der Waals surface area contributed by atoms with Crippen molar-refractivity contribution in [2.45, 2.75) is 6.92 Å². The summed E-state index contributed by atoms with van der Waals surface area (Å²) in [6, 6.07) is 0. The van der Waals surface area contributed by atoms with Crippen LogP contribution in [0.25, 0.3) is 0 Å². The molecule has 1 rings (SSSR count). The lowest BCUT2D eigenvalue weighted by Gasteiger charge is -2.14. The molecule has 0 atom stereocenters. The Balaban J connectivity index is 2.63. The molecule has 0 aliphatic heterocycles. The van der Waals surface area contributed by atoms with Crippen molar-refractivity contribution in [1.82, 2.24) is 19.9 Å². The molecule has 8 heteroatoms. The fourth-order valence-corrected chi connectivity index (χ4v) is 1.17. The van der Waals surface area contributed by atoms with Gasteiger partial charge in [0.1, 0.15) is 0 Å². The number of carbonyl (C=O) groups excluding carboxylic acids is 1. The number of likely N-dealkylation sites (N-methyl/N-ethyl adjacent to an activating group) is 1. The first-order valence-corrected chi connectivity index (χ1v) is 5.51. The second-order valence-electron chi connectivity index (χ2n) is 3.26. The summed E-state index contributed by atoms with van der Waals surface area (Å²) in [5.74, 6) is 0.575. The molecule has 94 valence electrons. The Morgan fingerprint density at radius 2 is 2.00 bits per heavy atom. The molecule has 1 heterocycles. The van der Waals surface area contributed by atoms with Crippen LogP contribution in [0.4, 0.5) is 11.9 Å². The summed E-state index contributed by atoms with van der Waals surface area (Å²) in [5.41, 5.74) is 0. The van der Waals surface area contributed by atoms with Crippen LogP contribution in [0.5, 0.6) is 0 Å². The van der Waals surface area contributed by atoms with Crippen molar-refractivity contribution >= 4 is 29.4 Å². The van der Waals surface area contributed by atoms with Crippen LogP contribution in [0.3, 0.4) is 0 Å². The lowest BCUT2D eigenvalue weighted by Crippen LogP contribution is -2.32. The van der Waals surface area contributed by atoms with Crippen molar-refractivity contribution in [3.05, 3.63) is 5.28 Å². The number of anilines is 2. The average Bonchev–Trinajstić information content (AvgIpc) is 2.34. The zero-order chi connectivity index (χ0) is 12.8. The fourth-order valence-electron chi connectivity index (χ4n) is 1.01. The minimum atomic E-state index is -0.0463. The third-order valence-corrected chi connectivity index (χ3v) is 2.30. The number of hydrogen-bond acceptors (Lipinski definition) is 6. The third-order valence-electron chi connectivity index (χ3n) is 2.13. The molecule has 0 aliphatic rings. The first-order valence-electron chi connectivity index (χ1n) is 5.14. The SMILES string of the molecule is CCN(C)C(=O)CNc1nc(Cl)nc(NC)n1. The van der Waals surface area contributed by atoms with Gasteiger partial charge in [-0.25, -0.2) is 0 Å². The van der Waals surface area contributed by atoms with E-state index in [9.17, 15) is 4.79 Å². The van der Waals surface area contributed by atoms with Crippen LogP contribution < -0.4 is 10.6 Å². The van der Waals surface area contributed by atoms with Crippen LogP contribution in [0.1, 0.15) is 6.92 Å². The van der Waals surface area contributed by atoms with Crippen LogP contribution in [0, 0.1) is 0 Å². The Morgan fingerprint density at radius 1 is 1.35 bits per heavy atom. The Bertz CT molecular complexity index is 399. The summed E-state index contributed by atoms with van der Waals surface area (Å²) in [7, 11) is 3.40. The van der Waals surface area contributed by atoms with Crippen molar-refractivity contribution in [3.63, 3.8) is 0 Å². The zero-order valence-corrected chi connectivity index (χ0v) is 10.7. The number of hydrogen-bond donors (Lipinski definition) is 2. The summed E-state index contributed by atoms with van der Waals surface area (Å²) >= 11 is 5.70. The number of halogens is 1. The highest BCUT2D eigenvalue weighted by Gasteiger charge is 2.08. The van der Waals surface area contributed by atoms with Gasteiger partial charge in [0.15, 0.2) is 0 Å². The van der Waals surface area contributed by atoms with Gasteiger partial charge in [-0.1, -0.05) is 0 Å². The number of amides is 1. The lowest BCUT2D eigenvalue weighted by molar-refractivity contribution is -0.127. The van der Waals surface area contributed by atoms with Gasteiger partial charge < -0.3 is 15.5 Å². The molecule has 0 spiro atoms. The van der Waals surface area contributed by atoms with Crippen LogP contribution in [0.2, 0.25) is 5.28 Å². The predicted octanol–water partition coefficient (Wildman–Crippen LogP) is 0.457. The Labute approximate surface area is 105 Å². The second-order valence-corrected chi connectivity index (χ2v) is 3.60. The number of nitrogens with zero attached hydrogens (tertiary/aromatic N) is 4. The minimum Gasteiger partial charge on any atom is -0.357 e. The smallest absolute Gasteiger partial charge is 0.241 e. The van der Waals surface area contributed by atoms with Gasteiger partial charge in [-0.05, 0) is 18.5 Å². The van der Waals surface area contributed by atoms with Gasteiger partial charge in [0.05, 0.1) is 6.54 Å². The van der Waals surface area contributed by atoms with E-state index in [1.54, 1.807) is 19.0 Å². The van der Waals surface area contributed by atoms with E-state index in [0.29, 0.717) is 12.5 Å². The molecule has 2 N–H and O–H groups in total. The Hall–Kier alpha value is -1.63. The monoisotopic (exact) mass is 258 g/mol. The highest BCUT2D eigenvalue weighted by Crippen LogP contribution is 2.08. The minimum absolute atomic E-state index is 0.0463. The van der Waals surface area contributed by atoms with Crippen molar-refractivity contribution in [2.24, 2.45) is 0 Å². The van der Waals surface area contributed by atoms with E-state index in [-0.39, 0.29) is 23.7 Å². The average molecular weight is 259 g/mol. The number of nitrogens with one attached hydrogen (secondary N) is 2. The van der Waals surface area contributed by atoms with Crippen LogP contribution in [-0.4, -0.2) is 52.9 Å². The topological polar surface area (TPSA) is 83.0 Å². The molecule has 1 aromatic heterocycles. The maximum absolute atomic E-state index is 11.5. The largest absolute Gasteiger partial charge is 0.357 e. The molecule has 7 nitrogen and oxygen atoms in total. The van der Waals surface area contributed by atoms with Crippen LogP contribution in [-0.2, 0) is 4.79 Å². The standard InChI is InChI=1S/C9H15ClN6O/c1-4-16(3)6(17)5-12-9-14-7(10)13-8(11-2)15-9/h4-5H2,1-3H3,(H2,11,12,13,14,15). The molecule has 0 aromatic carbocycles. The molecule has 0 fully saturated rings. The maximum atomic E-state index is 11.5. The van der Waals surface area contributed by atoms with Crippen LogP contribution in [0.15, 0.2) is 0 Å². The first kappa shape index (κ1) is 13.4. The summed E-state index contributed by atoms with van der Waals surface area (Å²) in [6.45, 7) is 2.67. The maximum Gasteiger partial charge on any atom is 0.241 e. The van der Waals surface area contributed by atoms with Gasteiger partial charge >= 0.3 is 0 Å². The van der Waals surface area contributed by atoms with Crippen molar-refractivity contribution < 1.29 is 4.79 Å². The molecule has 17 heavy (non-hydrogen) atoms. The van der Waals surface area contributed by atoms with Gasteiger partial charge in [0.2, 0.25) is 23.1 Å². The van der Waals surface area contributed by atoms with Gasteiger partial charge in [-0.15, -0.1) is 0 Å². The summed E-state index contributed by atoms with van der Waals surface area (Å²) in [4.78, 5) is 24.8. The Kier molecular flexibility index (Phi) is 4.89. The van der Waals surface area contributed by atoms with E-state index in [4.69, 9.17) is 11.6 Å². The van der Waals surface area contributed by atoms with E-state index >= 15 is 0 Å². The Morgan fingerprint density at radius 3 is 2.59 bits per heavy atom. The number of rotatable bonds is 5. The van der Waals surface area contributed by atoms with E-state index in [1.807, 2.05) is 6.92 Å². The zero-order valence-electron chi connectivity index (χ0n) is 9.99. The molecule has 1 amide bonds. The molecule has 0 radical (unpaired) electrons. The van der Waals surface area contributed by atoms with Gasteiger partial charge in [-0.3, -0.25) is 4.79 Å². The molecule has 0 saturated heterocycles. The molecule has 0 saturated carbocycles. The van der Waals surface area contributed by atoms with Gasteiger partial charge in [0.25, 0.3) is 0 Å². The normalized spacial score (nSPS) is 9.88. The van der Waals surface area contributed by atoms with Gasteiger partial charge in [0, 0.05) is 20.6 Å². The summed E-state index contributed by atoms with van der Waals surface area (Å²) in [6.07, 6.45) is 0. The van der Waals surface area contributed by atoms with Gasteiger partial charge in [-0.2, -0.15) is 15.0 Å². The van der Waals surface area contributed by atoms with E-state index in [1.165, 1.54) is 0 Å². The molecule has 0 aliphatic carbocycles. The van der Waals surface area contributed by atoms with Crippen molar-refractivity contribution in [1.29, 1.82) is 0 Å². The predicted molar refractivity (Wildman–Crippen MR) is 66.2 cm³/mol. The van der Waals surface area contributed by atoms with Crippen molar-refractivity contribution in [2.75, 3.05) is 37.8 Å². The molecule has 0 unspecified atom stereocenters.